The Morgan fingerprint density at radius 1 is 1.20 bits per heavy atom. The molecule has 2 aromatic carbocycles. The second kappa shape index (κ2) is 7.11. The number of nitrogens with one attached hydrogen (secondary N) is 1. The Hall–Kier alpha value is -1.03. The van der Waals surface area contributed by atoms with Crippen molar-refractivity contribution in [1.82, 2.24) is 5.32 Å². The molecule has 2 nitrogen and oxygen atoms in total. The van der Waals surface area contributed by atoms with E-state index in [4.69, 9.17) is 16.3 Å². The number of hydrogen-bond donors (Lipinski definition) is 1. The van der Waals surface area contributed by atoms with Crippen molar-refractivity contribution in [3.63, 3.8) is 0 Å². The molecule has 1 N–H and O–H groups in total. The predicted molar refractivity (Wildman–Crippen MR) is 87.7 cm³/mol. The Morgan fingerprint density at radius 3 is 2.50 bits per heavy atom. The molecule has 0 bridgehead atoms. The molecular formula is C16H17BrClNO. The minimum absolute atomic E-state index is 0.218. The first-order chi connectivity index (χ1) is 9.63. The third-order valence-electron chi connectivity index (χ3n) is 3.29. The van der Waals surface area contributed by atoms with E-state index in [1.807, 2.05) is 43.4 Å². The highest BCUT2D eigenvalue weighted by molar-refractivity contribution is 9.10. The summed E-state index contributed by atoms with van der Waals surface area (Å²) in [6.07, 6.45) is 0.848. The molecule has 0 aliphatic carbocycles. The number of rotatable bonds is 5. The van der Waals surface area contributed by atoms with Gasteiger partial charge in [-0.25, -0.2) is 0 Å². The highest BCUT2D eigenvalue weighted by atomic mass is 79.9. The molecule has 0 radical (unpaired) electrons. The molecule has 106 valence electrons. The van der Waals surface area contributed by atoms with Crippen LogP contribution in [0.15, 0.2) is 46.9 Å². The highest BCUT2D eigenvalue weighted by Gasteiger charge is 2.13. The largest absolute Gasteiger partial charge is 0.496 e. The van der Waals surface area contributed by atoms with Crippen LogP contribution in [0, 0.1) is 0 Å². The van der Waals surface area contributed by atoms with Gasteiger partial charge in [-0.1, -0.05) is 39.7 Å². The summed E-state index contributed by atoms with van der Waals surface area (Å²) in [6.45, 7) is 0. The van der Waals surface area contributed by atoms with Gasteiger partial charge in [0.15, 0.2) is 0 Å². The van der Waals surface area contributed by atoms with Crippen molar-refractivity contribution in [3.05, 3.63) is 63.1 Å². The summed E-state index contributed by atoms with van der Waals surface area (Å²) >= 11 is 9.45. The van der Waals surface area contributed by atoms with E-state index in [1.165, 1.54) is 5.56 Å². The molecule has 4 heteroatoms. The molecule has 2 aromatic rings. The van der Waals surface area contributed by atoms with Gasteiger partial charge in [0, 0.05) is 15.5 Å². The van der Waals surface area contributed by atoms with Gasteiger partial charge in [-0.3, -0.25) is 0 Å². The molecule has 0 spiro atoms. The SMILES string of the molecule is CNC(Cc1cc(Br)ccc1OC)c1ccc(Cl)cc1. The smallest absolute Gasteiger partial charge is 0.122 e. The fraction of sp³-hybridized carbons (Fsp3) is 0.250. The summed E-state index contributed by atoms with van der Waals surface area (Å²) < 4.78 is 6.49. The first kappa shape index (κ1) is 15.4. The summed E-state index contributed by atoms with van der Waals surface area (Å²) in [6, 6.07) is 14.2. The van der Waals surface area contributed by atoms with Crippen molar-refractivity contribution in [2.24, 2.45) is 0 Å². The first-order valence-electron chi connectivity index (χ1n) is 6.39. The zero-order valence-electron chi connectivity index (χ0n) is 11.5. The lowest BCUT2D eigenvalue weighted by Gasteiger charge is -2.18. The molecule has 0 amide bonds. The zero-order chi connectivity index (χ0) is 14.5. The average Bonchev–Trinajstić information content (AvgIpc) is 2.46. The second-order valence-electron chi connectivity index (χ2n) is 4.55. The van der Waals surface area contributed by atoms with Crippen molar-refractivity contribution >= 4 is 27.5 Å². The van der Waals surface area contributed by atoms with Crippen LogP contribution in [0.3, 0.4) is 0 Å². The number of ether oxygens (including phenoxy) is 1. The molecule has 0 heterocycles. The topological polar surface area (TPSA) is 21.3 Å². The predicted octanol–water partition coefficient (Wildman–Crippen LogP) is 4.61. The second-order valence-corrected chi connectivity index (χ2v) is 5.91. The third kappa shape index (κ3) is 3.75. The molecule has 2 rings (SSSR count). The van der Waals surface area contributed by atoms with E-state index in [2.05, 4.69) is 27.3 Å². The normalized spacial score (nSPS) is 12.2. The number of benzene rings is 2. The van der Waals surface area contributed by atoms with E-state index in [9.17, 15) is 0 Å². The maximum absolute atomic E-state index is 5.94. The van der Waals surface area contributed by atoms with E-state index >= 15 is 0 Å². The lowest BCUT2D eigenvalue weighted by molar-refractivity contribution is 0.406. The molecule has 0 aliphatic rings. The fourth-order valence-electron chi connectivity index (χ4n) is 2.21. The molecule has 1 unspecified atom stereocenters. The third-order valence-corrected chi connectivity index (χ3v) is 4.03. The summed E-state index contributed by atoms with van der Waals surface area (Å²) in [4.78, 5) is 0. The minimum atomic E-state index is 0.218. The lowest BCUT2D eigenvalue weighted by atomic mass is 9.98. The Bertz CT molecular complexity index is 571. The van der Waals surface area contributed by atoms with Crippen molar-refractivity contribution in [2.75, 3.05) is 14.2 Å². The Labute approximate surface area is 133 Å². The van der Waals surface area contributed by atoms with Crippen LogP contribution in [0.4, 0.5) is 0 Å². The quantitative estimate of drug-likeness (QED) is 0.846. The number of likely N-dealkylation sites (N-methyl/N-ethyl adjacent to an activating group) is 1. The molecule has 20 heavy (non-hydrogen) atoms. The standard InChI is InChI=1S/C16H17BrClNO/c1-19-15(11-3-6-14(18)7-4-11)10-12-9-13(17)5-8-16(12)20-2/h3-9,15,19H,10H2,1-2H3. The van der Waals surface area contributed by atoms with E-state index in [0.717, 1.165) is 27.2 Å². The summed E-state index contributed by atoms with van der Waals surface area (Å²) in [5, 5.41) is 4.10. The average molecular weight is 355 g/mol. The van der Waals surface area contributed by atoms with Crippen LogP contribution >= 0.6 is 27.5 Å². The van der Waals surface area contributed by atoms with E-state index in [-0.39, 0.29) is 6.04 Å². The van der Waals surface area contributed by atoms with Crippen LogP contribution in [-0.4, -0.2) is 14.2 Å². The number of methoxy groups -OCH3 is 1. The molecule has 0 fully saturated rings. The van der Waals surface area contributed by atoms with Gasteiger partial charge < -0.3 is 10.1 Å². The summed E-state index contributed by atoms with van der Waals surface area (Å²) in [7, 11) is 3.66. The van der Waals surface area contributed by atoms with Gasteiger partial charge in [0.25, 0.3) is 0 Å². The Kier molecular flexibility index (Phi) is 5.46. The van der Waals surface area contributed by atoms with E-state index in [1.54, 1.807) is 7.11 Å². The molecule has 0 saturated carbocycles. The molecule has 0 aliphatic heterocycles. The summed E-state index contributed by atoms with van der Waals surface area (Å²) in [5.41, 5.74) is 2.37. The van der Waals surface area contributed by atoms with Crippen LogP contribution in [-0.2, 0) is 6.42 Å². The number of hydrogen-bond acceptors (Lipinski definition) is 2. The summed E-state index contributed by atoms with van der Waals surface area (Å²) in [5.74, 6) is 0.905. The Balaban J connectivity index is 2.26. The monoisotopic (exact) mass is 353 g/mol. The van der Waals surface area contributed by atoms with Crippen LogP contribution in [0.25, 0.3) is 0 Å². The van der Waals surface area contributed by atoms with Crippen LogP contribution < -0.4 is 10.1 Å². The van der Waals surface area contributed by atoms with Crippen molar-refractivity contribution in [3.8, 4) is 5.75 Å². The zero-order valence-corrected chi connectivity index (χ0v) is 13.8. The van der Waals surface area contributed by atoms with Crippen molar-refractivity contribution in [1.29, 1.82) is 0 Å². The lowest BCUT2D eigenvalue weighted by Crippen LogP contribution is -2.19. The highest BCUT2D eigenvalue weighted by Crippen LogP contribution is 2.28. The van der Waals surface area contributed by atoms with E-state index < -0.39 is 0 Å². The van der Waals surface area contributed by atoms with E-state index in [0.29, 0.717) is 0 Å². The van der Waals surface area contributed by atoms with Crippen LogP contribution in [0.5, 0.6) is 5.75 Å². The van der Waals surface area contributed by atoms with Crippen molar-refractivity contribution < 1.29 is 4.74 Å². The molecule has 0 aromatic heterocycles. The first-order valence-corrected chi connectivity index (χ1v) is 7.56. The minimum Gasteiger partial charge on any atom is -0.496 e. The van der Waals surface area contributed by atoms with Crippen LogP contribution in [0.1, 0.15) is 17.2 Å². The molecule has 1 atom stereocenters. The van der Waals surface area contributed by atoms with Gasteiger partial charge >= 0.3 is 0 Å². The number of halogens is 2. The molecular weight excluding hydrogens is 338 g/mol. The van der Waals surface area contributed by atoms with Gasteiger partial charge in [-0.05, 0) is 54.9 Å². The van der Waals surface area contributed by atoms with Gasteiger partial charge in [0.05, 0.1) is 7.11 Å². The fourth-order valence-corrected chi connectivity index (χ4v) is 2.74. The van der Waals surface area contributed by atoms with Gasteiger partial charge in [-0.15, -0.1) is 0 Å². The van der Waals surface area contributed by atoms with Crippen molar-refractivity contribution in [2.45, 2.75) is 12.5 Å². The maximum atomic E-state index is 5.94. The van der Waals surface area contributed by atoms with Gasteiger partial charge in [0.2, 0.25) is 0 Å². The molecule has 0 saturated heterocycles. The van der Waals surface area contributed by atoms with Crippen LogP contribution in [0.2, 0.25) is 5.02 Å². The maximum Gasteiger partial charge on any atom is 0.122 e. The Morgan fingerprint density at radius 2 is 1.90 bits per heavy atom. The van der Waals surface area contributed by atoms with Gasteiger partial charge in [0.1, 0.15) is 5.75 Å². The van der Waals surface area contributed by atoms with Gasteiger partial charge in [-0.2, -0.15) is 0 Å².